The van der Waals surface area contributed by atoms with Crippen LogP contribution < -0.4 is 10.5 Å². The van der Waals surface area contributed by atoms with Gasteiger partial charge in [0, 0.05) is 11.6 Å². The maximum absolute atomic E-state index is 15.0. The Morgan fingerprint density at radius 1 is 1.03 bits per heavy atom. The fourth-order valence-corrected chi connectivity index (χ4v) is 5.24. The van der Waals surface area contributed by atoms with E-state index in [4.69, 9.17) is 5.73 Å². The van der Waals surface area contributed by atoms with E-state index in [9.17, 15) is 44.7 Å². The molecule has 0 aromatic heterocycles. The second-order valence-corrected chi connectivity index (χ2v) is 9.80. The van der Waals surface area contributed by atoms with Crippen LogP contribution in [0.4, 0.5) is 30.7 Å². The summed E-state index contributed by atoms with van der Waals surface area (Å²) in [6, 6.07) is 5.24. The number of nitrogens with two attached hydrogens (primary N) is 1. The van der Waals surface area contributed by atoms with E-state index in [2.05, 4.69) is 4.72 Å². The molecule has 1 atom stereocenters. The van der Waals surface area contributed by atoms with Crippen molar-refractivity contribution in [3.8, 4) is 0 Å². The van der Waals surface area contributed by atoms with Gasteiger partial charge in [-0.3, -0.25) is 4.79 Å². The number of nitrogens with one attached hydrogen (secondary N) is 1. The third-order valence-corrected chi connectivity index (χ3v) is 7.25. The van der Waals surface area contributed by atoms with Gasteiger partial charge in [-0.2, -0.15) is 26.3 Å². The highest BCUT2D eigenvalue weighted by atomic mass is 32.2. The van der Waals surface area contributed by atoms with Crippen molar-refractivity contribution >= 4 is 15.9 Å². The van der Waals surface area contributed by atoms with Gasteiger partial charge in [0.2, 0.25) is 15.9 Å². The number of amides is 1. The van der Waals surface area contributed by atoms with Gasteiger partial charge in [0.25, 0.3) is 5.60 Å². The molecule has 14 heteroatoms. The predicted molar refractivity (Wildman–Crippen MR) is 108 cm³/mol. The van der Waals surface area contributed by atoms with E-state index in [0.717, 1.165) is 13.0 Å². The molecule has 192 valence electrons. The Balaban J connectivity index is 2.22. The largest absolute Gasteiger partial charge is 0.430 e. The number of carbonyl (C=O) groups excluding carboxylic acids is 1. The number of hydrogen-bond acceptors (Lipinski definition) is 4. The number of primary amides is 1. The third kappa shape index (κ3) is 4.74. The number of rotatable bonds is 7. The normalized spacial score (nSPS) is 16.3. The average Bonchev–Trinajstić information content (AvgIpc) is 3.52. The SMILES string of the molecule is Cc1c(C(C(N)=O)c2ccccc2S(=O)(=O)NC2CC2)ccc(C(O)(C(F)(F)F)C(F)(F)F)c1F. The lowest BCUT2D eigenvalue weighted by Crippen LogP contribution is -2.54. The zero-order valence-corrected chi connectivity index (χ0v) is 18.7. The van der Waals surface area contributed by atoms with Crippen molar-refractivity contribution in [3.63, 3.8) is 0 Å². The average molecular weight is 528 g/mol. The Morgan fingerprint density at radius 3 is 2.06 bits per heavy atom. The lowest BCUT2D eigenvalue weighted by atomic mass is 9.83. The molecule has 0 aliphatic heterocycles. The number of alkyl halides is 6. The molecular formula is C21H19F7N2O4S. The first kappa shape index (κ1) is 26.9. The molecule has 0 spiro atoms. The molecule has 2 aromatic carbocycles. The van der Waals surface area contributed by atoms with Gasteiger partial charge in [-0.15, -0.1) is 0 Å². The first-order chi connectivity index (χ1) is 15.9. The van der Waals surface area contributed by atoms with Crippen LogP contribution in [0.25, 0.3) is 0 Å². The van der Waals surface area contributed by atoms with E-state index in [-0.39, 0.29) is 17.7 Å². The summed E-state index contributed by atoms with van der Waals surface area (Å²) >= 11 is 0. The van der Waals surface area contributed by atoms with Crippen LogP contribution in [0, 0.1) is 12.7 Å². The molecule has 3 rings (SSSR count). The monoisotopic (exact) mass is 528 g/mol. The number of hydrogen-bond donors (Lipinski definition) is 3. The van der Waals surface area contributed by atoms with Gasteiger partial charge in [-0.1, -0.05) is 30.3 Å². The number of benzene rings is 2. The van der Waals surface area contributed by atoms with Crippen LogP contribution in [0.3, 0.4) is 0 Å². The van der Waals surface area contributed by atoms with Crippen LogP contribution in [0.2, 0.25) is 0 Å². The Hall–Kier alpha value is -2.71. The Labute approximate surface area is 195 Å². The Morgan fingerprint density at radius 2 is 1.57 bits per heavy atom. The summed E-state index contributed by atoms with van der Waals surface area (Å²) in [5.74, 6) is -5.08. The smallest absolute Gasteiger partial charge is 0.369 e. The molecule has 1 unspecified atom stereocenters. The standard InChI is InChI=1S/C21H19F7N2O4S/c1-10-12(8-9-14(17(10)22)19(32,20(23,24)25)21(26,27)28)16(18(29)31)13-4-2-3-5-15(13)35(33,34)30-11-6-7-11/h2-5,8-9,11,16,30,32H,6-7H2,1H3,(H2,29,31). The number of aliphatic hydroxyl groups is 1. The maximum Gasteiger partial charge on any atom is 0.430 e. The quantitative estimate of drug-likeness (QED) is 0.478. The van der Waals surface area contributed by atoms with Crippen LogP contribution in [0.5, 0.6) is 0 Å². The third-order valence-electron chi connectivity index (χ3n) is 5.65. The number of carbonyl (C=O) groups is 1. The van der Waals surface area contributed by atoms with Crippen LogP contribution in [0.1, 0.15) is 41.0 Å². The molecule has 35 heavy (non-hydrogen) atoms. The minimum absolute atomic E-state index is 0.0497. The van der Waals surface area contributed by atoms with Gasteiger partial charge in [0.15, 0.2) is 0 Å². The Bertz CT molecular complexity index is 1240. The summed E-state index contributed by atoms with van der Waals surface area (Å²) in [4.78, 5) is 11.9. The maximum atomic E-state index is 15.0. The molecule has 0 bridgehead atoms. The highest BCUT2D eigenvalue weighted by Gasteiger charge is 2.72. The second kappa shape index (κ2) is 8.75. The molecule has 1 fully saturated rings. The van der Waals surface area contributed by atoms with E-state index < -0.39 is 67.2 Å². The summed E-state index contributed by atoms with van der Waals surface area (Å²) < 4.78 is 123. The minimum Gasteiger partial charge on any atom is -0.369 e. The van der Waals surface area contributed by atoms with E-state index >= 15 is 4.39 Å². The molecule has 0 heterocycles. The van der Waals surface area contributed by atoms with Gasteiger partial charge in [0.05, 0.1) is 10.8 Å². The van der Waals surface area contributed by atoms with E-state index in [1.807, 2.05) is 0 Å². The van der Waals surface area contributed by atoms with Crippen molar-refractivity contribution in [2.45, 2.75) is 54.6 Å². The van der Waals surface area contributed by atoms with Gasteiger partial charge in [0.1, 0.15) is 5.82 Å². The molecule has 1 saturated carbocycles. The van der Waals surface area contributed by atoms with Crippen LogP contribution >= 0.6 is 0 Å². The zero-order chi connectivity index (χ0) is 26.6. The summed E-state index contributed by atoms with van der Waals surface area (Å²) in [7, 11) is -4.20. The molecule has 0 saturated heterocycles. The van der Waals surface area contributed by atoms with Crippen molar-refractivity contribution < 1.29 is 49.1 Å². The van der Waals surface area contributed by atoms with Crippen LogP contribution in [-0.4, -0.2) is 37.8 Å². The molecular weight excluding hydrogens is 509 g/mol. The van der Waals surface area contributed by atoms with Crippen molar-refractivity contribution in [2.75, 3.05) is 0 Å². The van der Waals surface area contributed by atoms with E-state index in [0.29, 0.717) is 18.9 Å². The number of halogens is 7. The predicted octanol–water partition coefficient (Wildman–Crippen LogP) is 3.50. The van der Waals surface area contributed by atoms with Crippen molar-refractivity contribution in [3.05, 3.63) is 64.5 Å². The fourth-order valence-electron chi connectivity index (χ4n) is 3.68. The first-order valence-electron chi connectivity index (χ1n) is 9.99. The molecule has 1 amide bonds. The Kier molecular flexibility index (Phi) is 6.72. The van der Waals surface area contributed by atoms with Gasteiger partial charge in [-0.05, 0) is 42.5 Å². The molecule has 1 aliphatic rings. The van der Waals surface area contributed by atoms with Crippen LogP contribution in [-0.2, 0) is 20.4 Å². The summed E-state index contributed by atoms with van der Waals surface area (Å²) in [6.07, 6.45) is -11.5. The van der Waals surface area contributed by atoms with Crippen molar-refractivity contribution in [1.29, 1.82) is 0 Å². The van der Waals surface area contributed by atoms with Crippen molar-refractivity contribution in [2.24, 2.45) is 5.73 Å². The summed E-state index contributed by atoms with van der Waals surface area (Å²) in [5, 5.41) is 9.59. The molecule has 1 aliphatic carbocycles. The van der Waals surface area contributed by atoms with Crippen molar-refractivity contribution in [1.82, 2.24) is 4.72 Å². The lowest BCUT2D eigenvalue weighted by Gasteiger charge is -2.33. The summed E-state index contributed by atoms with van der Waals surface area (Å²) in [5.41, 5.74) is -3.83. The van der Waals surface area contributed by atoms with E-state index in [1.165, 1.54) is 18.2 Å². The molecule has 4 N–H and O–H groups in total. The van der Waals surface area contributed by atoms with Crippen LogP contribution in [0.15, 0.2) is 41.3 Å². The lowest BCUT2D eigenvalue weighted by molar-refractivity contribution is -0.377. The minimum atomic E-state index is -6.34. The second-order valence-electron chi connectivity index (χ2n) is 8.12. The first-order valence-corrected chi connectivity index (χ1v) is 11.5. The fraction of sp³-hybridized carbons (Fsp3) is 0.381. The summed E-state index contributed by atoms with van der Waals surface area (Å²) in [6.45, 7) is 0.789. The highest BCUT2D eigenvalue weighted by Crippen LogP contribution is 2.51. The zero-order valence-electron chi connectivity index (χ0n) is 17.8. The molecule has 2 aromatic rings. The van der Waals surface area contributed by atoms with E-state index in [1.54, 1.807) is 0 Å². The topological polar surface area (TPSA) is 109 Å². The van der Waals surface area contributed by atoms with Gasteiger partial charge >= 0.3 is 12.4 Å². The number of sulfonamides is 1. The molecule has 6 nitrogen and oxygen atoms in total. The molecule has 0 radical (unpaired) electrons. The van der Waals surface area contributed by atoms with Gasteiger partial charge < -0.3 is 10.8 Å². The van der Waals surface area contributed by atoms with Gasteiger partial charge in [-0.25, -0.2) is 17.5 Å². The highest BCUT2D eigenvalue weighted by molar-refractivity contribution is 7.89.